The van der Waals surface area contributed by atoms with E-state index in [9.17, 15) is 9.59 Å². The van der Waals surface area contributed by atoms with Gasteiger partial charge in [-0.15, -0.1) is 0 Å². The van der Waals surface area contributed by atoms with E-state index in [-0.39, 0.29) is 24.4 Å². The van der Waals surface area contributed by atoms with E-state index >= 15 is 0 Å². The first-order chi connectivity index (χ1) is 13.0. The summed E-state index contributed by atoms with van der Waals surface area (Å²) in [6, 6.07) is 12.2. The summed E-state index contributed by atoms with van der Waals surface area (Å²) in [7, 11) is 3.13. The molecular weight excluding hydrogens is 346 g/mol. The Bertz CT molecular complexity index is 853. The Balaban J connectivity index is 1.64. The van der Waals surface area contributed by atoms with Gasteiger partial charge in [0.05, 0.1) is 25.9 Å². The number of anilines is 2. The van der Waals surface area contributed by atoms with Crippen LogP contribution in [0.15, 0.2) is 42.5 Å². The van der Waals surface area contributed by atoms with Crippen molar-refractivity contribution in [2.45, 2.75) is 19.4 Å². The van der Waals surface area contributed by atoms with E-state index in [1.807, 2.05) is 37.3 Å². The molecule has 0 saturated carbocycles. The number of benzene rings is 2. The van der Waals surface area contributed by atoms with Gasteiger partial charge in [-0.2, -0.15) is 0 Å². The third kappa shape index (κ3) is 4.31. The van der Waals surface area contributed by atoms with Gasteiger partial charge in [0, 0.05) is 24.7 Å². The summed E-state index contributed by atoms with van der Waals surface area (Å²) in [6.45, 7) is 2.34. The fraction of sp³-hybridized carbons (Fsp3) is 0.300. The second-order valence-electron chi connectivity index (χ2n) is 6.41. The van der Waals surface area contributed by atoms with Gasteiger partial charge in [0.25, 0.3) is 0 Å². The number of nitrogens with zero attached hydrogens (tertiary/aromatic N) is 1. The Morgan fingerprint density at radius 2 is 1.96 bits per heavy atom. The van der Waals surface area contributed by atoms with Gasteiger partial charge in [0.2, 0.25) is 5.91 Å². The van der Waals surface area contributed by atoms with Crippen LogP contribution in [0.5, 0.6) is 11.5 Å². The highest BCUT2D eigenvalue weighted by atomic mass is 16.5. The summed E-state index contributed by atoms with van der Waals surface area (Å²) in [5.74, 6) is 1.22. The maximum atomic E-state index is 12.4. The van der Waals surface area contributed by atoms with Gasteiger partial charge in [0.1, 0.15) is 11.5 Å². The highest BCUT2D eigenvalue weighted by Crippen LogP contribution is 2.27. The van der Waals surface area contributed by atoms with Crippen molar-refractivity contribution in [3.63, 3.8) is 0 Å². The molecule has 0 unspecified atom stereocenters. The Morgan fingerprint density at radius 1 is 1.15 bits per heavy atom. The topological polar surface area (TPSA) is 79.9 Å². The Labute approximate surface area is 158 Å². The number of nitrogens with one attached hydrogen (secondary N) is 2. The predicted octanol–water partition coefficient (Wildman–Crippen LogP) is 2.94. The Morgan fingerprint density at radius 3 is 2.70 bits per heavy atom. The van der Waals surface area contributed by atoms with Crippen LogP contribution in [0.2, 0.25) is 0 Å². The SMILES string of the molecule is COc1cccc(N2C[C@@H](NC(=O)Nc3cc(C)ccc3OC)CC2=O)c1. The van der Waals surface area contributed by atoms with E-state index in [0.717, 1.165) is 11.3 Å². The molecule has 0 radical (unpaired) electrons. The maximum absolute atomic E-state index is 12.4. The number of methoxy groups -OCH3 is 2. The van der Waals surface area contributed by atoms with E-state index in [1.165, 1.54) is 0 Å². The molecule has 1 aliphatic heterocycles. The summed E-state index contributed by atoms with van der Waals surface area (Å²) in [5.41, 5.74) is 2.35. The zero-order valence-electron chi connectivity index (χ0n) is 15.6. The lowest BCUT2D eigenvalue weighted by molar-refractivity contribution is -0.117. The van der Waals surface area contributed by atoms with Crippen LogP contribution in [0.1, 0.15) is 12.0 Å². The second-order valence-corrected chi connectivity index (χ2v) is 6.41. The van der Waals surface area contributed by atoms with Gasteiger partial charge in [-0.1, -0.05) is 12.1 Å². The van der Waals surface area contributed by atoms with E-state index < -0.39 is 0 Å². The lowest BCUT2D eigenvalue weighted by atomic mass is 10.2. The normalized spacial score (nSPS) is 16.2. The molecule has 3 rings (SSSR count). The lowest BCUT2D eigenvalue weighted by Gasteiger charge is -2.18. The fourth-order valence-corrected chi connectivity index (χ4v) is 3.10. The molecule has 1 atom stereocenters. The van der Waals surface area contributed by atoms with Gasteiger partial charge >= 0.3 is 6.03 Å². The van der Waals surface area contributed by atoms with Gasteiger partial charge < -0.3 is 25.0 Å². The van der Waals surface area contributed by atoms with Crippen LogP contribution in [0.25, 0.3) is 0 Å². The van der Waals surface area contributed by atoms with E-state index in [0.29, 0.717) is 23.7 Å². The summed E-state index contributed by atoms with van der Waals surface area (Å²) in [6.07, 6.45) is 0.246. The first-order valence-electron chi connectivity index (χ1n) is 8.66. The number of hydrogen-bond acceptors (Lipinski definition) is 4. The molecule has 27 heavy (non-hydrogen) atoms. The molecule has 0 spiro atoms. The Hall–Kier alpha value is -3.22. The molecular formula is C20H23N3O4. The van der Waals surface area contributed by atoms with Gasteiger partial charge in [0.15, 0.2) is 0 Å². The summed E-state index contributed by atoms with van der Waals surface area (Å²) in [4.78, 5) is 26.4. The van der Waals surface area contributed by atoms with Crippen LogP contribution in [-0.2, 0) is 4.79 Å². The molecule has 1 aliphatic rings. The quantitative estimate of drug-likeness (QED) is 0.849. The van der Waals surface area contributed by atoms with Crippen LogP contribution in [0, 0.1) is 6.92 Å². The molecule has 7 nitrogen and oxygen atoms in total. The van der Waals surface area contributed by atoms with Crippen molar-refractivity contribution in [2.75, 3.05) is 31.0 Å². The molecule has 1 saturated heterocycles. The van der Waals surface area contributed by atoms with Gasteiger partial charge in [-0.05, 0) is 36.8 Å². The van der Waals surface area contributed by atoms with Crippen molar-refractivity contribution in [1.29, 1.82) is 0 Å². The van der Waals surface area contributed by atoms with Crippen molar-refractivity contribution in [3.05, 3.63) is 48.0 Å². The summed E-state index contributed by atoms with van der Waals surface area (Å²) < 4.78 is 10.5. The smallest absolute Gasteiger partial charge is 0.319 e. The number of urea groups is 1. The highest BCUT2D eigenvalue weighted by Gasteiger charge is 2.31. The van der Waals surface area contributed by atoms with Crippen LogP contribution >= 0.6 is 0 Å². The minimum absolute atomic E-state index is 0.0401. The summed E-state index contributed by atoms with van der Waals surface area (Å²) in [5, 5.41) is 5.65. The average Bonchev–Trinajstić information content (AvgIpc) is 3.02. The zero-order valence-corrected chi connectivity index (χ0v) is 15.6. The molecule has 3 amide bonds. The van der Waals surface area contributed by atoms with E-state index in [4.69, 9.17) is 9.47 Å². The third-order valence-electron chi connectivity index (χ3n) is 4.43. The molecule has 142 valence electrons. The molecule has 1 fully saturated rings. The average molecular weight is 369 g/mol. The van der Waals surface area contributed by atoms with Gasteiger partial charge in [-0.25, -0.2) is 4.79 Å². The minimum atomic E-state index is -0.371. The van der Waals surface area contributed by atoms with E-state index in [1.54, 1.807) is 31.3 Å². The van der Waals surface area contributed by atoms with Crippen molar-refractivity contribution in [3.8, 4) is 11.5 Å². The molecule has 0 bridgehead atoms. The Kier molecular flexibility index (Phi) is 5.49. The van der Waals surface area contributed by atoms with Gasteiger partial charge in [-0.3, -0.25) is 4.79 Å². The standard InChI is InChI=1S/C20H23N3O4/c1-13-7-8-18(27-3)17(9-13)22-20(25)21-14-10-19(24)23(12-14)15-5-4-6-16(11-15)26-2/h4-9,11,14H,10,12H2,1-3H3,(H2,21,22,25)/t14-/m0/s1. The highest BCUT2D eigenvalue weighted by molar-refractivity contribution is 5.98. The van der Waals surface area contributed by atoms with Crippen LogP contribution in [0.4, 0.5) is 16.2 Å². The number of ether oxygens (including phenoxy) is 2. The van der Waals surface area contributed by atoms with E-state index in [2.05, 4.69) is 10.6 Å². The van der Waals surface area contributed by atoms with Crippen molar-refractivity contribution < 1.29 is 19.1 Å². The van der Waals surface area contributed by atoms with Crippen molar-refractivity contribution >= 4 is 23.3 Å². The number of amides is 3. The second kappa shape index (κ2) is 7.99. The van der Waals surface area contributed by atoms with Crippen molar-refractivity contribution in [1.82, 2.24) is 5.32 Å². The molecule has 2 aromatic carbocycles. The monoisotopic (exact) mass is 369 g/mol. The fourth-order valence-electron chi connectivity index (χ4n) is 3.10. The molecule has 0 aromatic heterocycles. The maximum Gasteiger partial charge on any atom is 0.319 e. The predicted molar refractivity (Wildman–Crippen MR) is 104 cm³/mol. The summed E-state index contributed by atoms with van der Waals surface area (Å²) >= 11 is 0. The minimum Gasteiger partial charge on any atom is -0.497 e. The van der Waals surface area contributed by atoms with Crippen LogP contribution < -0.4 is 25.0 Å². The number of carbonyl (C=O) groups is 2. The first-order valence-corrected chi connectivity index (χ1v) is 8.66. The lowest BCUT2D eigenvalue weighted by Crippen LogP contribution is -2.39. The molecule has 1 heterocycles. The first kappa shape index (κ1) is 18.6. The third-order valence-corrected chi connectivity index (χ3v) is 4.43. The molecule has 2 N–H and O–H groups in total. The van der Waals surface area contributed by atoms with Crippen LogP contribution in [0.3, 0.4) is 0 Å². The number of rotatable bonds is 5. The molecule has 0 aliphatic carbocycles. The number of hydrogen-bond donors (Lipinski definition) is 2. The number of aryl methyl sites for hydroxylation is 1. The largest absolute Gasteiger partial charge is 0.497 e. The van der Waals surface area contributed by atoms with Crippen molar-refractivity contribution in [2.24, 2.45) is 0 Å². The zero-order chi connectivity index (χ0) is 19.4. The number of carbonyl (C=O) groups excluding carboxylic acids is 2. The molecule has 2 aromatic rings. The van der Waals surface area contributed by atoms with Crippen LogP contribution in [-0.4, -0.2) is 38.7 Å². The molecule has 7 heteroatoms.